The lowest BCUT2D eigenvalue weighted by molar-refractivity contribution is 0.00578. The minimum absolute atomic E-state index is 0. The van der Waals surface area contributed by atoms with Crippen molar-refractivity contribution in [1.82, 2.24) is 49.6 Å². The Morgan fingerprint density at radius 3 is 1.32 bits per heavy atom. The molecule has 0 aliphatic carbocycles. The van der Waals surface area contributed by atoms with Gasteiger partial charge in [0.15, 0.2) is 37.6 Å². The van der Waals surface area contributed by atoms with Gasteiger partial charge in [-0.15, -0.1) is 12.4 Å². The van der Waals surface area contributed by atoms with E-state index in [1.165, 1.54) is 55.0 Å². The van der Waals surface area contributed by atoms with Gasteiger partial charge in [-0.05, 0) is 146 Å². The van der Waals surface area contributed by atoms with E-state index in [0.717, 1.165) is 61.0 Å². The molecule has 3 saturated heterocycles. The number of halogens is 10. The third-order valence-corrected chi connectivity index (χ3v) is 23.7. The molecule has 27 nitrogen and oxygen atoms in total. The van der Waals surface area contributed by atoms with Gasteiger partial charge in [0, 0.05) is 141 Å². The van der Waals surface area contributed by atoms with Gasteiger partial charge in [-0.3, -0.25) is 34.3 Å². The normalized spacial score (nSPS) is 13.9. The van der Waals surface area contributed by atoms with Crippen LogP contribution in [0.1, 0.15) is 107 Å². The van der Waals surface area contributed by atoms with Crippen molar-refractivity contribution >= 4 is 213 Å². The van der Waals surface area contributed by atoms with Crippen LogP contribution in [-0.4, -0.2) is 181 Å². The molecule has 0 bridgehead atoms. The van der Waals surface area contributed by atoms with Crippen molar-refractivity contribution in [2.45, 2.75) is 90.6 Å². The summed E-state index contributed by atoms with van der Waals surface area (Å²) in [6.07, 6.45) is 13.9. The molecule has 16 rings (SSSR count). The van der Waals surface area contributed by atoms with Crippen molar-refractivity contribution in [3.05, 3.63) is 204 Å². The maximum absolute atomic E-state index is 12.4. The Kier molecular flexibility index (Phi) is 33.6. The molecule has 0 radical (unpaired) electrons. The van der Waals surface area contributed by atoms with E-state index < -0.39 is 18.3 Å². The number of methoxy groups -OCH3 is 2. The second-order valence-corrected chi connectivity index (χ2v) is 34.2. The Labute approximate surface area is 783 Å². The number of benzene rings is 2. The van der Waals surface area contributed by atoms with Gasteiger partial charge in [-0.2, -0.15) is 10.5 Å². The fourth-order valence-electron chi connectivity index (χ4n) is 12.3. The van der Waals surface area contributed by atoms with Crippen molar-refractivity contribution in [2.75, 3.05) is 82.9 Å². The van der Waals surface area contributed by atoms with E-state index in [4.69, 9.17) is 137 Å². The number of nitriles is 2. The van der Waals surface area contributed by atoms with Crippen molar-refractivity contribution < 1.29 is 69.8 Å². The van der Waals surface area contributed by atoms with E-state index in [0.29, 0.717) is 175 Å². The number of furan rings is 4. The average molecular weight is 2070 g/mol. The van der Waals surface area contributed by atoms with Gasteiger partial charge in [0.25, 0.3) is 17.7 Å². The number of carbonyl (C=O) groups is 3. The molecule has 0 saturated carbocycles. The highest BCUT2D eigenvalue weighted by atomic mass is 127. The van der Waals surface area contributed by atoms with Crippen LogP contribution in [0.25, 0.3) is 78.4 Å². The highest BCUT2D eigenvalue weighted by Gasteiger charge is 2.52. The van der Waals surface area contributed by atoms with Crippen molar-refractivity contribution in [2.24, 2.45) is 0 Å². The zero-order valence-electron chi connectivity index (χ0n) is 69.2. The Morgan fingerprint density at radius 2 is 0.871 bits per heavy atom. The Hall–Kier alpha value is -9.08. The van der Waals surface area contributed by atoms with Crippen molar-refractivity contribution in [3.63, 3.8) is 0 Å². The van der Waals surface area contributed by atoms with E-state index in [9.17, 15) is 24.9 Å². The summed E-state index contributed by atoms with van der Waals surface area (Å²) in [5.74, 6) is 3.15. The molecule has 648 valence electrons. The van der Waals surface area contributed by atoms with Gasteiger partial charge in [0.1, 0.15) is 105 Å². The second kappa shape index (κ2) is 42.9. The van der Waals surface area contributed by atoms with Crippen LogP contribution >= 0.6 is 139 Å². The molecule has 0 unspecified atom stereocenters. The number of rotatable bonds is 13. The van der Waals surface area contributed by atoms with Gasteiger partial charge in [-0.25, -0.2) is 15.0 Å². The summed E-state index contributed by atoms with van der Waals surface area (Å²) in [6.45, 7) is 14.5. The average Bonchev–Trinajstić information content (AvgIpc) is 1.63. The fourth-order valence-corrected chi connectivity index (χ4v) is 14.3. The largest absolute Gasteiger partial charge is 0.494 e. The first kappa shape index (κ1) is 97.1. The van der Waals surface area contributed by atoms with Crippen LogP contribution in [0.3, 0.4) is 0 Å². The summed E-state index contributed by atoms with van der Waals surface area (Å²) in [6, 6.07) is 27.5. The topological polar surface area (TPSA) is 325 Å². The number of fused-ring (bicyclic) bond motifs is 4. The summed E-state index contributed by atoms with van der Waals surface area (Å²) in [5, 5.41) is 21.9. The summed E-state index contributed by atoms with van der Waals surface area (Å²) in [4.78, 5) is 69.9. The maximum Gasteiger partial charge on any atom is 0.494 e. The molecule has 3 aliphatic rings. The Balaban J connectivity index is 0.000000164. The molecule has 2 aromatic carbocycles. The smallest absolute Gasteiger partial charge is 0.494 e. The van der Waals surface area contributed by atoms with Crippen LogP contribution in [0, 0.1) is 44.0 Å². The molecule has 0 atom stereocenters. The lowest BCUT2D eigenvalue weighted by atomic mass is 9.78. The summed E-state index contributed by atoms with van der Waals surface area (Å²) in [5.41, 5.74) is 10.0. The Bertz CT molecular complexity index is 6070. The zero-order valence-corrected chi connectivity index (χ0v) is 79.7. The summed E-state index contributed by atoms with van der Waals surface area (Å²) < 4.78 is 70.0. The highest BCUT2D eigenvalue weighted by Crippen LogP contribution is 2.44. The Morgan fingerprint density at radius 1 is 0.476 bits per heavy atom. The van der Waals surface area contributed by atoms with E-state index in [1.807, 2.05) is 71.9 Å². The number of carbonyl (C=O) groups excluding carboxylic acids is 3. The number of aryl methyl sites for hydroxylation is 2. The lowest BCUT2D eigenvalue weighted by Crippen LogP contribution is -2.41. The molecule has 124 heavy (non-hydrogen) atoms. The molecule has 3 fully saturated rings. The van der Waals surface area contributed by atoms with Gasteiger partial charge < -0.3 is 70.1 Å². The molecular weight excluding hydrogens is 1990 g/mol. The fraction of sp³-hybridized carbons (Fsp3) is 0.302. The number of nitrogens with zero attached hydrogens (tertiary/aromatic N) is 12. The van der Waals surface area contributed by atoms with Gasteiger partial charge in [-0.1, -0.05) is 93.3 Å². The van der Waals surface area contributed by atoms with Crippen molar-refractivity contribution in [1.29, 1.82) is 10.5 Å². The van der Waals surface area contributed by atoms with Gasteiger partial charge >= 0.3 is 7.12 Å². The zero-order chi connectivity index (χ0) is 89.1. The van der Waals surface area contributed by atoms with Gasteiger partial charge in [0.2, 0.25) is 0 Å². The van der Waals surface area contributed by atoms with Crippen LogP contribution in [0.4, 0.5) is 0 Å². The van der Waals surface area contributed by atoms with Crippen LogP contribution in [0.2, 0.25) is 35.2 Å². The number of hydrogen-bond acceptors (Lipinski definition) is 24. The number of pyridine rings is 7. The molecule has 14 heterocycles. The standard InChI is InChI=1S/C28H25ClN4O5.C18H24BNO4.C16H13Cl2N3O3.C9H11IN2O.C8H5Cl2NO.C7H2Cl2INO.ClH/c1-33(2)28(34)18-11-23(35-3)26(32-14-18)24-12-21-27(38-24)25(20(29)15-31-21)16-4-5-22(17(10-16)13-30)37-19-6-8-36-9-7-19;1-17(2)18(3,4)24-19(23-17)14-5-6-16(13(11-14)12-20)22-15-7-9-21-10-8-15;1-21(2)16(22)8-4-11(23-3)14(20-6-8)12-5-10-15(24-12)13(18)9(17)7-19-10;1-6-4-7(5-11-8(6)10)9(13)12(2)3;1-4-2-6-8(12-4)7(10)5(9)3-11-6;8-3-2-11-4-1-5(10)12-7(4)6(3)9;/h4-5,10-12,14-15,19H,6-9H2,1-3H3;5-6,11,15H,7-10H2,1-4H3;4-7H,1-3H3;4-5H,1-3H3;2-3H,1H3;1-2H;1H. The van der Waals surface area contributed by atoms with Crippen LogP contribution in [0.15, 0.2) is 140 Å². The minimum Gasteiger partial charge on any atom is -0.494 e. The number of ether oxygens (including phenoxy) is 6. The summed E-state index contributed by atoms with van der Waals surface area (Å²) >= 11 is 46.1. The van der Waals surface area contributed by atoms with E-state index in [2.05, 4.69) is 92.2 Å². The van der Waals surface area contributed by atoms with E-state index in [-0.39, 0.29) is 47.4 Å². The third-order valence-electron chi connectivity index (χ3n) is 19.5. The number of amides is 3. The molecule has 11 aromatic heterocycles. The van der Waals surface area contributed by atoms with Crippen LogP contribution in [-0.2, 0) is 18.8 Å². The molecule has 3 aliphatic heterocycles. The van der Waals surface area contributed by atoms with Crippen molar-refractivity contribution in [3.8, 4) is 69.2 Å². The minimum atomic E-state index is -0.473. The molecule has 13 aromatic rings. The molecule has 0 spiro atoms. The lowest BCUT2D eigenvalue weighted by Gasteiger charge is -2.32. The first-order valence-electron chi connectivity index (χ1n) is 37.7. The maximum atomic E-state index is 12.4. The van der Waals surface area contributed by atoms with Gasteiger partial charge in [0.05, 0.1) is 99.8 Å². The SMILES string of the molecule is CC1(C)OB(c2ccc(OC3CCOCC3)c(C#N)c2)OC1(C)C.COc1cc(C(=O)N(C)C)cnc1-c1cc2ncc(Cl)c(-c3ccc(OC4CCOCC4)c(C#N)c3)c2o1.COc1cc(C(=O)N(C)C)cnc1-c1cc2ncc(Cl)c(Cl)c2o1.Cc1cc(C(=O)N(C)C)cnc1I.Cc1cc2ncc(Cl)c(Cl)c2o1.Cl.Clc1cnc2cc(I)oc2c1Cl. The predicted molar refractivity (Wildman–Crippen MR) is 497 cm³/mol. The predicted octanol–water partition coefficient (Wildman–Crippen LogP) is 21.0. The highest BCUT2D eigenvalue weighted by molar-refractivity contribution is 14.1. The quantitative estimate of drug-likeness (QED) is 0.0588. The monoisotopic (exact) mass is 2070 g/mol. The molecular formula is C86H81BCl8I2N12O15. The van der Waals surface area contributed by atoms with Crippen LogP contribution in [0.5, 0.6) is 23.0 Å². The summed E-state index contributed by atoms with van der Waals surface area (Å²) in [7, 11) is 12.7. The molecule has 0 N–H and O–H groups in total. The number of hydrogen-bond donors (Lipinski definition) is 0. The van der Waals surface area contributed by atoms with Crippen LogP contribution < -0.4 is 24.4 Å². The third kappa shape index (κ3) is 23.2. The second-order valence-electron chi connectivity index (χ2n) is 29.3. The molecule has 3 amide bonds. The first-order chi connectivity index (χ1) is 58.5. The number of aromatic nitrogens is 7. The molecule has 38 heteroatoms. The van der Waals surface area contributed by atoms with E-state index in [1.54, 1.807) is 108 Å². The van der Waals surface area contributed by atoms with E-state index >= 15 is 0 Å². The first-order valence-corrected chi connectivity index (χ1v) is 42.5.